The van der Waals surface area contributed by atoms with Crippen molar-refractivity contribution in [2.45, 2.75) is 13.0 Å². The number of aliphatic hydroxyl groups excluding tert-OH is 1. The predicted octanol–water partition coefficient (Wildman–Crippen LogP) is 1.85. The minimum atomic E-state index is -1.76. The maximum absolute atomic E-state index is 14.0. The van der Waals surface area contributed by atoms with Crippen LogP contribution in [0.25, 0.3) is 0 Å². The summed E-state index contributed by atoms with van der Waals surface area (Å²) in [6.07, 6.45) is -1.76. The van der Waals surface area contributed by atoms with Crippen molar-refractivity contribution in [2.75, 3.05) is 19.8 Å². The largest absolute Gasteiger partial charge is 0.486 e. The van der Waals surface area contributed by atoms with Crippen molar-refractivity contribution in [3.63, 3.8) is 0 Å². The number of esters is 1. The zero-order valence-corrected chi connectivity index (χ0v) is 10.9. The van der Waals surface area contributed by atoms with Crippen LogP contribution in [-0.2, 0) is 9.53 Å². The van der Waals surface area contributed by atoms with Gasteiger partial charge >= 0.3 is 5.97 Å². The fraction of sp³-hybridized carbons (Fsp3) is 0.417. The third-order valence-corrected chi connectivity index (χ3v) is 2.89. The zero-order chi connectivity index (χ0) is 14.0. The molecule has 0 saturated heterocycles. The normalized spacial score (nSPS) is 14.9. The van der Waals surface area contributed by atoms with Crippen molar-refractivity contribution in [1.82, 2.24) is 0 Å². The van der Waals surface area contributed by atoms with Crippen LogP contribution in [0, 0.1) is 5.82 Å². The number of hydrogen-bond acceptors (Lipinski definition) is 5. The Balaban J connectivity index is 2.41. The van der Waals surface area contributed by atoms with Gasteiger partial charge in [0.1, 0.15) is 18.2 Å². The van der Waals surface area contributed by atoms with Gasteiger partial charge < -0.3 is 19.3 Å². The molecule has 19 heavy (non-hydrogen) atoms. The van der Waals surface area contributed by atoms with Crippen molar-refractivity contribution in [3.8, 4) is 11.5 Å². The molecule has 1 atom stereocenters. The van der Waals surface area contributed by atoms with Gasteiger partial charge in [0.25, 0.3) is 0 Å². The molecule has 1 N–H and O–H groups in total. The molecule has 1 aliphatic rings. The number of fused-ring (bicyclic) bond motifs is 1. The zero-order valence-electron chi connectivity index (χ0n) is 10.1. The molecule has 5 nitrogen and oxygen atoms in total. The average molecular weight is 291 g/mol. The van der Waals surface area contributed by atoms with E-state index in [0.717, 1.165) is 0 Å². The van der Waals surface area contributed by atoms with E-state index in [2.05, 4.69) is 4.74 Å². The van der Waals surface area contributed by atoms with Gasteiger partial charge in [-0.25, -0.2) is 9.18 Å². The molecule has 0 radical (unpaired) electrons. The van der Waals surface area contributed by atoms with Crippen LogP contribution < -0.4 is 9.47 Å². The number of aliphatic hydroxyl groups is 1. The minimum Gasteiger partial charge on any atom is -0.486 e. The summed E-state index contributed by atoms with van der Waals surface area (Å²) in [6, 6.07) is 1.19. The standard InChI is InChI=1S/C12H12ClFO5/c1-2-17-12(16)10(15)6-5-7-11(8(13)9(6)14)19-4-3-18-7/h5,10,15H,2-4H2,1H3. The van der Waals surface area contributed by atoms with E-state index in [9.17, 15) is 14.3 Å². The number of benzene rings is 1. The van der Waals surface area contributed by atoms with Crippen molar-refractivity contribution < 1.29 is 28.5 Å². The summed E-state index contributed by atoms with van der Waals surface area (Å²) in [6.45, 7) is 2.20. The number of carbonyl (C=O) groups is 1. The molecule has 0 fully saturated rings. The summed E-state index contributed by atoms with van der Waals surface area (Å²) in [5.41, 5.74) is -0.298. The van der Waals surface area contributed by atoms with E-state index in [1.165, 1.54) is 6.07 Å². The first-order valence-corrected chi connectivity index (χ1v) is 6.06. The molecule has 104 valence electrons. The van der Waals surface area contributed by atoms with Gasteiger partial charge in [-0.2, -0.15) is 0 Å². The van der Waals surface area contributed by atoms with Crippen LogP contribution in [0.1, 0.15) is 18.6 Å². The van der Waals surface area contributed by atoms with Gasteiger partial charge in [-0.05, 0) is 13.0 Å². The van der Waals surface area contributed by atoms with Crippen LogP contribution in [0.5, 0.6) is 11.5 Å². The summed E-state index contributed by atoms with van der Waals surface area (Å²) >= 11 is 5.80. The fourth-order valence-electron chi connectivity index (χ4n) is 1.69. The molecular formula is C12H12ClFO5. The molecule has 0 spiro atoms. The highest BCUT2D eigenvalue weighted by Crippen LogP contribution is 2.42. The Kier molecular flexibility index (Phi) is 4.11. The molecule has 0 saturated carbocycles. The quantitative estimate of drug-likeness (QED) is 0.861. The van der Waals surface area contributed by atoms with Gasteiger partial charge in [-0.1, -0.05) is 11.6 Å². The van der Waals surface area contributed by atoms with Gasteiger partial charge in [0.05, 0.1) is 6.61 Å². The van der Waals surface area contributed by atoms with Crippen LogP contribution in [0.15, 0.2) is 6.07 Å². The van der Waals surface area contributed by atoms with Crippen LogP contribution in [0.3, 0.4) is 0 Å². The first-order valence-electron chi connectivity index (χ1n) is 5.68. The van der Waals surface area contributed by atoms with E-state index in [1.54, 1.807) is 6.92 Å². The molecule has 0 aliphatic carbocycles. The van der Waals surface area contributed by atoms with Gasteiger partial charge in [-0.3, -0.25) is 0 Å². The second-order valence-electron chi connectivity index (χ2n) is 3.77. The Morgan fingerprint density at radius 3 is 2.95 bits per heavy atom. The van der Waals surface area contributed by atoms with Crippen molar-refractivity contribution >= 4 is 17.6 Å². The van der Waals surface area contributed by atoms with Gasteiger partial charge in [0, 0.05) is 5.56 Å². The molecule has 1 heterocycles. The molecule has 2 rings (SSSR count). The fourth-order valence-corrected chi connectivity index (χ4v) is 1.95. The van der Waals surface area contributed by atoms with E-state index in [-0.39, 0.29) is 41.9 Å². The Hall–Kier alpha value is -1.53. The topological polar surface area (TPSA) is 65.0 Å². The first-order chi connectivity index (χ1) is 9.06. The van der Waals surface area contributed by atoms with Crippen LogP contribution >= 0.6 is 11.6 Å². The van der Waals surface area contributed by atoms with Crippen molar-refractivity contribution in [1.29, 1.82) is 0 Å². The molecule has 1 unspecified atom stereocenters. The highest BCUT2D eigenvalue weighted by Gasteiger charge is 2.29. The summed E-state index contributed by atoms with van der Waals surface area (Å²) in [5.74, 6) is -1.61. The second kappa shape index (κ2) is 5.63. The third-order valence-electron chi connectivity index (χ3n) is 2.55. The average Bonchev–Trinajstić information content (AvgIpc) is 2.42. The van der Waals surface area contributed by atoms with E-state index < -0.39 is 17.9 Å². The number of rotatable bonds is 3. The Labute approximate surface area is 113 Å². The van der Waals surface area contributed by atoms with Crippen LogP contribution in [0.4, 0.5) is 4.39 Å². The van der Waals surface area contributed by atoms with Crippen molar-refractivity contribution in [2.24, 2.45) is 0 Å². The molecule has 0 bridgehead atoms. The van der Waals surface area contributed by atoms with E-state index >= 15 is 0 Å². The Morgan fingerprint density at radius 1 is 1.58 bits per heavy atom. The lowest BCUT2D eigenvalue weighted by Crippen LogP contribution is -2.20. The molecule has 0 amide bonds. The summed E-state index contributed by atoms with van der Waals surface area (Å²) in [5, 5.41) is 9.43. The number of halogens is 2. The maximum atomic E-state index is 14.0. The van der Waals surface area contributed by atoms with Gasteiger partial charge in [0.2, 0.25) is 0 Å². The smallest absolute Gasteiger partial charge is 0.339 e. The van der Waals surface area contributed by atoms with Crippen LogP contribution in [0.2, 0.25) is 5.02 Å². The van der Waals surface area contributed by atoms with Crippen LogP contribution in [-0.4, -0.2) is 30.9 Å². The summed E-state index contributed by atoms with van der Waals surface area (Å²) in [4.78, 5) is 11.4. The molecule has 0 aromatic heterocycles. The van der Waals surface area contributed by atoms with Gasteiger partial charge in [0.15, 0.2) is 23.4 Å². The molecule has 1 aromatic rings. The number of hydrogen-bond donors (Lipinski definition) is 1. The van der Waals surface area contributed by atoms with Crippen molar-refractivity contribution in [3.05, 3.63) is 22.5 Å². The highest BCUT2D eigenvalue weighted by molar-refractivity contribution is 6.32. The lowest BCUT2D eigenvalue weighted by Gasteiger charge is -2.22. The second-order valence-corrected chi connectivity index (χ2v) is 4.15. The molecular weight excluding hydrogens is 279 g/mol. The predicted molar refractivity (Wildman–Crippen MR) is 64.0 cm³/mol. The lowest BCUT2D eigenvalue weighted by atomic mass is 10.1. The first kappa shape index (κ1) is 13.9. The van der Waals surface area contributed by atoms with Gasteiger partial charge in [-0.15, -0.1) is 0 Å². The number of ether oxygens (including phenoxy) is 3. The maximum Gasteiger partial charge on any atom is 0.339 e. The molecule has 1 aromatic carbocycles. The Bertz CT molecular complexity index is 505. The van der Waals surface area contributed by atoms with E-state index in [0.29, 0.717) is 0 Å². The summed E-state index contributed by atoms with van der Waals surface area (Å²) < 4.78 is 29.1. The third kappa shape index (κ3) is 2.59. The summed E-state index contributed by atoms with van der Waals surface area (Å²) in [7, 11) is 0. The lowest BCUT2D eigenvalue weighted by molar-refractivity contribution is -0.153. The Morgan fingerprint density at radius 2 is 2.26 bits per heavy atom. The molecule has 1 aliphatic heterocycles. The van der Waals surface area contributed by atoms with E-state index in [4.69, 9.17) is 21.1 Å². The monoisotopic (exact) mass is 290 g/mol. The highest BCUT2D eigenvalue weighted by atomic mass is 35.5. The van der Waals surface area contributed by atoms with E-state index in [1.807, 2.05) is 0 Å². The minimum absolute atomic E-state index is 0.0743. The molecule has 7 heteroatoms. The SMILES string of the molecule is CCOC(=O)C(O)c1cc2c(c(Cl)c1F)OCCO2. The number of carbonyl (C=O) groups excluding carboxylic acids is 1.